The average Bonchev–Trinajstić information content (AvgIpc) is 3.10. The van der Waals surface area contributed by atoms with E-state index in [2.05, 4.69) is 17.9 Å². The summed E-state index contributed by atoms with van der Waals surface area (Å²) < 4.78 is 0. The molecule has 2 rings (SSSR count). The van der Waals surface area contributed by atoms with E-state index in [4.69, 9.17) is 5.73 Å². The number of thiol groups is 1. The van der Waals surface area contributed by atoms with Crippen molar-refractivity contribution in [1.82, 2.24) is 10.2 Å². The van der Waals surface area contributed by atoms with Crippen molar-refractivity contribution < 1.29 is 24.6 Å². The average molecular weight is 381 g/mol. The van der Waals surface area contributed by atoms with Crippen molar-refractivity contribution in [3.63, 3.8) is 0 Å². The fourth-order valence-corrected chi connectivity index (χ4v) is 3.18. The number of carbonyl (C=O) groups is 3. The first-order valence-electron chi connectivity index (χ1n) is 8.31. The maximum Gasteiger partial charge on any atom is 0.326 e. The smallest absolute Gasteiger partial charge is 0.326 e. The molecule has 1 fully saturated rings. The summed E-state index contributed by atoms with van der Waals surface area (Å²) in [6.45, 7) is 0.343. The molecule has 5 N–H and O–H groups in total. The highest BCUT2D eigenvalue weighted by atomic mass is 32.1. The Bertz CT molecular complexity index is 667. The zero-order valence-electron chi connectivity index (χ0n) is 14.2. The lowest BCUT2D eigenvalue weighted by Crippen LogP contribution is -2.55. The van der Waals surface area contributed by atoms with Gasteiger partial charge in [-0.25, -0.2) is 4.79 Å². The molecule has 142 valence electrons. The number of hydrogen-bond donors (Lipinski definition) is 5. The highest BCUT2D eigenvalue weighted by Crippen LogP contribution is 2.19. The number of phenols is 1. The summed E-state index contributed by atoms with van der Waals surface area (Å²) in [5.41, 5.74) is 6.67. The van der Waals surface area contributed by atoms with Gasteiger partial charge in [0, 0.05) is 12.3 Å². The number of nitrogens with zero attached hydrogens (tertiary/aromatic N) is 1. The zero-order valence-corrected chi connectivity index (χ0v) is 15.1. The predicted molar refractivity (Wildman–Crippen MR) is 97.9 cm³/mol. The van der Waals surface area contributed by atoms with Gasteiger partial charge in [-0.05, 0) is 37.0 Å². The Morgan fingerprint density at radius 3 is 2.54 bits per heavy atom. The van der Waals surface area contributed by atoms with Crippen LogP contribution in [0.15, 0.2) is 24.3 Å². The maximum absolute atomic E-state index is 12.6. The second-order valence-corrected chi connectivity index (χ2v) is 6.61. The number of nitrogens with two attached hydrogens (primary N) is 1. The number of benzene rings is 1. The Balaban J connectivity index is 1.97. The highest BCUT2D eigenvalue weighted by Gasteiger charge is 2.37. The number of nitrogens with one attached hydrogen (secondary N) is 1. The number of aliphatic carboxylic acids is 1. The van der Waals surface area contributed by atoms with Crippen LogP contribution >= 0.6 is 12.6 Å². The van der Waals surface area contributed by atoms with E-state index in [-0.39, 0.29) is 17.9 Å². The van der Waals surface area contributed by atoms with Crippen molar-refractivity contribution in [3.05, 3.63) is 29.8 Å². The molecule has 1 aromatic carbocycles. The van der Waals surface area contributed by atoms with Gasteiger partial charge in [-0.3, -0.25) is 9.59 Å². The molecule has 0 aliphatic carbocycles. The summed E-state index contributed by atoms with van der Waals surface area (Å²) in [6.07, 6.45) is 1.24. The van der Waals surface area contributed by atoms with Crippen LogP contribution in [0.3, 0.4) is 0 Å². The second kappa shape index (κ2) is 8.91. The molecule has 1 aromatic rings. The predicted octanol–water partition coefficient (Wildman–Crippen LogP) is -0.248. The van der Waals surface area contributed by atoms with Crippen LogP contribution in [0.4, 0.5) is 0 Å². The summed E-state index contributed by atoms with van der Waals surface area (Å²) in [7, 11) is 0. The summed E-state index contributed by atoms with van der Waals surface area (Å²) in [4.78, 5) is 37.4. The van der Waals surface area contributed by atoms with E-state index in [9.17, 15) is 24.6 Å². The van der Waals surface area contributed by atoms with Crippen molar-refractivity contribution in [1.29, 1.82) is 0 Å². The van der Waals surface area contributed by atoms with E-state index in [0.29, 0.717) is 19.4 Å². The van der Waals surface area contributed by atoms with E-state index in [1.165, 1.54) is 17.0 Å². The van der Waals surface area contributed by atoms with E-state index in [1.54, 1.807) is 12.1 Å². The lowest BCUT2D eigenvalue weighted by molar-refractivity contribution is -0.149. The minimum Gasteiger partial charge on any atom is -0.508 e. The molecular formula is C17H23N3O5S. The number of carboxylic acids is 1. The van der Waals surface area contributed by atoms with E-state index < -0.39 is 35.9 Å². The molecule has 0 radical (unpaired) electrons. The van der Waals surface area contributed by atoms with Crippen molar-refractivity contribution in [2.75, 3.05) is 12.3 Å². The van der Waals surface area contributed by atoms with Gasteiger partial charge in [0.25, 0.3) is 0 Å². The van der Waals surface area contributed by atoms with Gasteiger partial charge in [0.1, 0.15) is 17.8 Å². The van der Waals surface area contributed by atoms with Crippen molar-refractivity contribution in [3.8, 4) is 5.75 Å². The number of carboxylic acid groups (broad SMARTS) is 1. The fraction of sp³-hybridized carbons (Fsp3) is 0.471. The lowest BCUT2D eigenvalue weighted by Gasteiger charge is -2.27. The monoisotopic (exact) mass is 381 g/mol. The van der Waals surface area contributed by atoms with Gasteiger partial charge in [0.05, 0.1) is 6.04 Å². The molecule has 26 heavy (non-hydrogen) atoms. The Morgan fingerprint density at radius 1 is 1.31 bits per heavy atom. The van der Waals surface area contributed by atoms with Crippen molar-refractivity contribution in [2.45, 2.75) is 37.4 Å². The van der Waals surface area contributed by atoms with Crippen LogP contribution in [-0.4, -0.2) is 63.3 Å². The molecule has 3 atom stereocenters. The molecule has 1 aliphatic rings. The van der Waals surface area contributed by atoms with Crippen molar-refractivity contribution in [2.24, 2.45) is 5.73 Å². The van der Waals surface area contributed by atoms with Gasteiger partial charge in [-0.2, -0.15) is 12.6 Å². The molecule has 1 saturated heterocycles. The third-order valence-electron chi connectivity index (χ3n) is 4.35. The van der Waals surface area contributed by atoms with Gasteiger partial charge in [0.15, 0.2) is 0 Å². The van der Waals surface area contributed by atoms with Gasteiger partial charge >= 0.3 is 5.97 Å². The SMILES string of the molecule is N[C@@H](Cc1ccc(O)cc1)C(=O)N[C@@H](CS)C(=O)N1CCC[C@@H]1C(=O)O. The van der Waals surface area contributed by atoms with Crippen LogP contribution in [0.5, 0.6) is 5.75 Å². The summed E-state index contributed by atoms with van der Waals surface area (Å²) in [5, 5.41) is 21.0. The molecule has 0 saturated carbocycles. The van der Waals surface area contributed by atoms with Crippen LogP contribution in [0, 0.1) is 0 Å². The molecule has 0 aromatic heterocycles. The van der Waals surface area contributed by atoms with E-state index >= 15 is 0 Å². The quantitative estimate of drug-likeness (QED) is 0.414. The minimum atomic E-state index is -1.05. The topological polar surface area (TPSA) is 133 Å². The molecule has 2 amide bonds. The third-order valence-corrected chi connectivity index (χ3v) is 4.71. The molecule has 8 nitrogen and oxygen atoms in total. The first-order chi connectivity index (χ1) is 12.3. The zero-order chi connectivity index (χ0) is 19.3. The highest BCUT2D eigenvalue weighted by molar-refractivity contribution is 7.80. The van der Waals surface area contributed by atoms with Gasteiger partial charge in [0.2, 0.25) is 11.8 Å². The number of phenolic OH excluding ortho intramolecular Hbond substituents is 1. The number of aromatic hydroxyl groups is 1. The summed E-state index contributed by atoms with van der Waals surface area (Å²) >= 11 is 4.10. The van der Waals surface area contributed by atoms with Crippen LogP contribution in [0.25, 0.3) is 0 Å². The largest absolute Gasteiger partial charge is 0.508 e. The van der Waals surface area contributed by atoms with Gasteiger partial charge < -0.3 is 26.2 Å². The Kier molecular flexibility index (Phi) is 6.87. The number of rotatable bonds is 7. The molecule has 1 aliphatic heterocycles. The van der Waals surface area contributed by atoms with Crippen LogP contribution < -0.4 is 11.1 Å². The summed E-state index contributed by atoms with van der Waals surface area (Å²) in [6, 6.07) is 3.63. The van der Waals surface area contributed by atoms with Gasteiger partial charge in [-0.1, -0.05) is 12.1 Å². The van der Waals surface area contributed by atoms with E-state index in [0.717, 1.165) is 5.56 Å². The third kappa shape index (κ3) is 4.89. The lowest BCUT2D eigenvalue weighted by atomic mass is 10.1. The number of likely N-dealkylation sites (tertiary alicyclic amines) is 1. The molecule has 1 heterocycles. The van der Waals surface area contributed by atoms with Crippen molar-refractivity contribution >= 4 is 30.4 Å². The first kappa shape index (κ1) is 20.1. The molecule has 0 bridgehead atoms. The second-order valence-electron chi connectivity index (χ2n) is 6.25. The van der Waals surface area contributed by atoms with Gasteiger partial charge in [-0.15, -0.1) is 0 Å². The summed E-state index contributed by atoms with van der Waals surface area (Å²) in [5.74, 6) is -1.87. The van der Waals surface area contributed by atoms with E-state index in [1.807, 2.05) is 0 Å². The Morgan fingerprint density at radius 2 is 1.96 bits per heavy atom. The van der Waals surface area contributed by atoms with Crippen LogP contribution in [0.2, 0.25) is 0 Å². The van der Waals surface area contributed by atoms with Crippen LogP contribution in [0.1, 0.15) is 18.4 Å². The number of amides is 2. The maximum atomic E-state index is 12.6. The Hall–Kier alpha value is -2.26. The Labute approximate surface area is 156 Å². The molecule has 0 unspecified atom stereocenters. The fourth-order valence-electron chi connectivity index (χ4n) is 2.93. The molecule has 0 spiro atoms. The number of carbonyl (C=O) groups excluding carboxylic acids is 2. The molecule has 9 heteroatoms. The normalized spacial score (nSPS) is 19.0. The first-order valence-corrected chi connectivity index (χ1v) is 8.94. The number of hydrogen-bond acceptors (Lipinski definition) is 6. The van der Waals surface area contributed by atoms with Crippen LogP contribution in [-0.2, 0) is 20.8 Å². The minimum absolute atomic E-state index is 0.0410. The standard InChI is InChI=1S/C17H23N3O5S/c18-12(8-10-3-5-11(21)6-4-10)15(22)19-13(9-26)16(23)20-7-1-2-14(20)17(24)25/h3-6,12-14,21,26H,1-2,7-9,18H2,(H,19,22)(H,24,25)/t12-,13-,14+/m0/s1. The molecular weight excluding hydrogens is 358 g/mol.